The average molecular weight is 492 g/mol. The number of nitrogens with one attached hydrogen (secondary N) is 1. The Hall–Kier alpha value is -4.46. The van der Waals surface area contributed by atoms with Crippen molar-refractivity contribution in [2.45, 2.75) is 39.7 Å². The molecular formula is C29H29N7O. The van der Waals surface area contributed by atoms with Crippen molar-refractivity contribution in [3.63, 3.8) is 0 Å². The summed E-state index contributed by atoms with van der Waals surface area (Å²) in [5.74, 6) is 2.23. The van der Waals surface area contributed by atoms with E-state index in [1.54, 1.807) is 0 Å². The number of rotatable bonds is 10. The SMILES string of the molecule is CC(C)CCc1nc(C(=O)Cc2ccccc2)nn1Cc1ccc(-c2ccccc2-c2nnn[nH]2)cc1. The van der Waals surface area contributed by atoms with Gasteiger partial charge in [0, 0.05) is 18.4 Å². The molecule has 0 aliphatic heterocycles. The Labute approximate surface area is 215 Å². The molecule has 0 amide bonds. The monoisotopic (exact) mass is 491 g/mol. The van der Waals surface area contributed by atoms with E-state index in [-0.39, 0.29) is 11.6 Å². The Bertz CT molecular complexity index is 1460. The van der Waals surface area contributed by atoms with Gasteiger partial charge in [-0.05, 0) is 45.0 Å². The molecule has 186 valence electrons. The molecule has 1 N–H and O–H groups in total. The zero-order valence-corrected chi connectivity index (χ0v) is 21.0. The summed E-state index contributed by atoms with van der Waals surface area (Å²) < 4.78 is 1.88. The van der Waals surface area contributed by atoms with Gasteiger partial charge in [0.1, 0.15) is 5.82 Å². The van der Waals surface area contributed by atoms with Gasteiger partial charge in [-0.3, -0.25) is 4.79 Å². The van der Waals surface area contributed by atoms with E-state index >= 15 is 0 Å². The Balaban J connectivity index is 1.38. The van der Waals surface area contributed by atoms with E-state index in [4.69, 9.17) is 0 Å². The van der Waals surface area contributed by atoms with Gasteiger partial charge in [0.15, 0.2) is 5.82 Å². The Morgan fingerprint density at radius 1 is 0.892 bits per heavy atom. The number of aromatic nitrogens is 7. The van der Waals surface area contributed by atoms with Crippen LogP contribution in [0.1, 0.15) is 47.8 Å². The highest BCUT2D eigenvalue weighted by atomic mass is 16.1. The van der Waals surface area contributed by atoms with Gasteiger partial charge in [0.25, 0.3) is 0 Å². The number of hydrogen-bond acceptors (Lipinski definition) is 6. The second-order valence-electron chi connectivity index (χ2n) is 9.52. The Morgan fingerprint density at radius 2 is 1.62 bits per heavy atom. The van der Waals surface area contributed by atoms with Gasteiger partial charge < -0.3 is 0 Å². The quantitative estimate of drug-likeness (QED) is 0.270. The summed E-state index contributed by atoms with van der Waals surface area (Å²) >= 11 is 0. The Kier molecular flexibility index (Phi) is 7.26. The van der Waals surface area contributed by atoms with Crippen molar-refractivity contribution >= 4 is 5.78 Å². The molecule has 2 aromatic heterocycles. The molecule has 37 heavy (non-hydrogen) atoms. The summed E-state index contributed by atoms with van der Waals surface area (Å²) in [5, 5.41) is 19.0. The van der Waals surface area contributed by atoms with Gasteiger partial charge in [-0.15, -0.1) is 10.2 Å². The van der Waals surface area contributed by atoms with Gasteiger partial charge in [-0.1, -0.05) is 92.7 Å². The van der Waals surface area contributed by atoms with Crippen LogP contribution in [0.2, 0.25) is 0 Å². The molecule has 2 heterocycles. The normalized spacial score (nSPS) is 11.2. The number of tetrazole rings is 1. The fourth-order valence-corrected chi connectivity index (χ4v) is 4.26. The molecular weight excluding hydrogens is 462 g/mol. The van der Waals surface area contributed by atoms with Crippen LogP contribution in [0.15, 0.2) is 78.9 Å². The van der Waals surface area contributed by atoms with Gasteiger partial charge in [0.2, 0.25) is 11.6 Å². The van der Waals surface area contributed by atoms with Gasteiger partial charge >= 0.3 is 0 Å². The molecule has 0 unspecified atom stereocenters. The first kappa shape index (κ1) is 24.2. The van der Waals surface area contributed by atoms with E-state index in [0.29, 0.717) is 24.7 Å². The molecule has 0 radical (unpaired) electrons. The third kappa shape index (κ3) is 5.86. The molecule has 0 aliphatic rings. The summed E-state index contributed by atoms with van der Waals surface area (Å²) in [4.78, 5) is 17.6. The molecule has 0 aliphatic carbocycles. The standard InChI is InChI=1S/C29H29N7O/c1-20(2)12-17-27-30-29(26(37)18-21-8-4-3-5-9-21)33-36(27)19-22-13-15-23(16-14-22)24-10-6-7-11-25(24)28-31-34-35-32-28/h3-11,13-16,20H,12,17-19H2,1-2H3,(H,31,32,34,35). The fourth-order valence-electron chi connectivity index (χ4n) is 4.26. The van der Waals surface area contributed by atoms with Crippen LogP contribution < -0.4 is 0 Å². The smallest absolute Gasteiger partial charge is 0.217 e. The maximum atomic E-state index is 12.9. The number of hydrogen-bond donors (Lipinski definition) is 1. The molecule has 0 saturated carbocycles. The number of carbonyl (C=O) groups is 1. The molecule has 5 aromatic rings. The molecule has 3 aromatic carbocycles. The first-order valence-electron chi connectivity index (χ1n) is 12.5. The number of nitrogens with zero attached hydrogens (tertiary/aromatic N) is 6. The summed E-state index contributed by atoms with van der Waals surface area (Å²) in [6.45, 7) is 4.92. The van der Waals surface area contributed by atoms with Crippen LogP contribution in [0.3, 0.4) is 0 Å². The molecule has 0 atom stereocenters. The lowest BCUT2D eigenvalue weighted by Crippen LogP contribution is -2.09. The minimum Gasteiger partial charge on any atom is -0.290 e. The molecule has 8 nitrogen and oxygen atoms in total. The number of aryl methyl sites for hydroxylation is 1. The van der Waals surface area contributed by atoms with Crippen LogP contribution in [-0.2, 0) is 19.4 Å². The molecule has 8 heteroatoms. The van der Waals surface area contributed by atoms with Crippen molar-refractivity contribution in [2.75, 3.05) is 0 Å². The Morgan fingerprint density at radius 3 is 2.32 bits per heavy atom. The van der Waals surface area contributed by atoms with Crippen molar-refractivity contribution in [2.24, 2.45) is 5.92 Å². The molecule has 0 saturated heterocycles. The van der Waals surface area contributed by atoms with Crippen LogP contribution in [0.5, 0.6) is 0 Å². The zero-order valence-electron chi connectivity index (χ0n) is 21.0. The molecule has 0 spiro atoms. The summed E-state index contributed by atoms with van der Waals surface area (Å²) in [5.41, 5.74) is 5.09. The van der Waals surface area contributed by atoms with E-state index in [2.05, 4.69) is 74.9 Å². The first-order chi connectivity index (χ1) is 18.1. The predicted molar refractivity (Wildman–Crippen MR) is 142 cm³/mol. The highest BCUT2D eigenvalue weighted by Gasteiger charge is 2.18. The average Bonchev–Trinajstić information content (AvgIpc) is 3.59. The number of benzene rings is 3. The van der Waals surface area contributed by atoms with E-state index in [9.17, 15) is 4.79 Å². The van der Waals surface area contributed by atoms with E-state index in [0.717, 1.165) is 46.5 Å². The van der Waals surface area contributed by atoms with Crippen molar-refractivity contribution in [1.82, 2.24) is 35.4 Å². The maximum absolute atomic E-state index is 12.9. The van der Waals surface area contributed by atoms with Crippen LogP contribution in [0.4, 0.5) is 0 Å². The molecule has 0 fully saturated rings. The summed E-state index contributed by atoms with van der Waals surface area (Å²) in [7, 11) is 0. The second kappa shape index (κ2) is 11.1. The van der Waals surface area contributed by atoms with Crippen LogP contribution >= 0.6 is 0 Å². The minimum atomic E-state index is -0.0652. The van der Waals surface area contributed by atoms with E-state index < -0.39 is 0 Å². The van der Waals surface area contributed by atoms with Crippen molar-refractivity contribution < 1.29 is 4.79 Å². The lowest BCUT2D eigenvalue weighted by atomic mass is 9.98. The predicted octanol–water partition coefficient (Wildman–Crippen LogP) is 5.19. The lowest BCUT2D eigenvalue weighted by molar-refractivity contribution is 0.0982. The minimum absolute atomic E-state index is 0.0652. The van der Waals surface area contributed by atoms with Crippen molar-refractivity contribution in [3.8, 4) is 22.5 Å². The number of carbonyl (C=O) groups excluding carboxylic acids is 1. The fraction of sp³-hybridized carbons (Fsp3) is 0.241. The van der Waals surface area contributed by atoms with Gasteiger partial charge in [-0.2, -0.15) is 0 Å². The second-order valence-corrected chi connectivity index (χ2v) is 9.52. The molecule has 0 bridgehead atoms. The number of aromatic amines is 1. The highest BCUT2D eigenvalue weighted by Crippen LogP contribution is 2.29. The van der Waals surface area contributed by atoms with Crippen molar-refractivity contribution in [1.29, 1.82) is 0 Å². The first-order valence-corrected chi connectivity index (χ1v) is 12.5. The summed E-state index contributed by atoms with van der Waals surface area (Å²) in [6, 6.07) is 26.1. The number of Topliss-reactive ketones (excluding diaryl/α,β-unsaturated/α-hetero) is 1. The van der Waals surface area contributed by atoms with Crippen molar-refractivity contribution in [3.05, 3.63) is 102 Å². The largest absolute Gasteiger partial charge is 0.290 e. The zero-order chi connectivity index (χ0) is 25.6. The van der Waals surface area contributed by atoms with Crippen LogP contribution in [0.25, 0.3) is 22.5 Å². The van der Waals surface area contributed by atoms with Gasteiger partial charge in [-0.25, -0.2) is 14.8 Å². The molecule has 5 rings (SSSR count). The third-order valence-corrected chi connectivity index (χ3v) is 6.28. The van der Waals surface area contributed by atoms with Crippen LogP contribution in [0, 0.1) is 5.92 Å². The highest BCUT2D eigenvalue weighted by molar-refractivity contribution is 5.94. The topological polar surface area (TPSA) is 102 Å². The third-order valence-electron chi connectivity index (χ3n) is 6.28. The van der Waals surface area contributed by atoms with Crippen LogP contribution in [-0.4, -0.2) is 41.2 Å². The lowest BCUT2D eigenvalue weighted by Gasteiger charge is -2.10. The number of ketones is 1. The van der Waals surface area contributed by atoms with E-state index in [1.807, 2.05) is 53.2 Å². The van der Waals surface area contributed by atoms with Gasteiger partial charge in [0.05, 0.1) is 6.54 Å². The summed E-state index contributed by atoms with van der Waals surface area (Å²) in [6.07, 6.45) is 2.06. The van der Waals surface area contributed by atoms with E-state index in [1.165, 1.54) is 0 Å². The number of H-pyrrole nitrogens is 1. The maximum Gasteiger partial charge on any atom is 0.217 e.